The average Bonchev–Trinajstić information content (AvgIpc) is 3.29. The van der Waals surface area contributed by atoms with E-state index in [0.717, 1.165) is 16.5 Å². The van der Waals surface area contributed by atoms with Crippen LogP contribution in [-0.4, -0.2) is 69.7 Å². The number of nitrogens with one attached hydrogen (secondary N) is 4. The molecule has 0 saturated heterocycles. The van der Waals surface area contributed by atoms with Crippen LogP contribution in [0.25, 0.3) is 10.9 Å². The molecule has 196 valence electrons. The Morgan fingerprint density at radius 2 is 1.51 bits per heavy atom. The van der Waals surface area contributed by atoms with Crippen LogP contribution in [-0.2, 0) is 32.0 Å². The number of fused-ring (bicyclic) bond motifs is 1. The Kier molecular flexibility index (Phi) is 9.36. The summed E-state index contributed by atoms with van der Waals surface area (Å²) in [6.07, 6.45) is 2.04. The van der Waals surface area contributed by atoms with Gasteiger partial charge in [-0.05, 0) is 30.5 Å². The van der Waals surface area contributed by atoms with E-state index in [1.54, 1.807) is 36.5 Å². The number of para-hydroxylation sites is 1. The van der Waals surface area contributed by atoms with Crippen molar-refractivity contribution in [2.75, 3.05) is 6.61 Å². The number of aromatic amines is 1. The number of aliphatic hydroxyl groups is 1. The number of aromatic nitrogens is 1. The number of benzene rings is 2. The Morgan fingerprint density at radius 3 is 2.19 bits per heavy atom. The summed E-state index contributed by atoms with van der Waals surface area (Å²) in [6.45, 7) is 0.642. The Balaban J connectivity index is 1.53. The summed E-state index contributed by atoms with van der Waals surface area (Å²) in [5.41, 5.74) is 8.52. The number of aliphatic hydroxyl groups excluding tert-OH is 1. The maximum atomic E-state index is 12.6. The van der Waals surface area contributed by atoms with Crippen molar-refractivity contribution in [3.63, 3.8) is 0 Å². The van der Waals surface area contributed by atoms with E-state index < -0.39 is 54.5 Å². The second kappa shape index (κ2) is 12.7. The number of nitrogens with two attached hydrogens (primary N) is 1. The van der Waals surface area contributed by atoms with Gasteiger partial charge in [0.15, 0.2) is 0 Å². The third-order valence-corrected chi connectivity index (χ3v) is 5.92. The summed E-state index contributed by atoms with van der Waals surface area (Å²) in [5.74, 6) is -3.43. The molecule has 3 aromatic rings. The molecule has 4 atom stereocenters. The van der Waals surface area contributed by atoms with Gasteiger partial charge in [0.25, 0.3) is 0 Å². The first-order valence-electron chi connectivity index (χ1n) is 11.8. The molecular formula is C26H31N5O6. The number of hydrogen-bond donors (Lipinski definition) is 7. The normalized spacial score (nSPS) is 14.2. The van der Waals surface area contributed by atoms with Crippen molar-refractivity contribution < 1.29 is 29.4 Å². The molecule has 37 heavy (non-hydrogen) atoms. The van der Waals surface area contributed by atoms with Gasteiger partial charge in [-0.2, -0.15) is 0 Å². The van der Waals surface area contributed by atoms with E-state index in [1.165, 1.54) is 6.92 Å². The summed E-state index contributed by atoms with van der Waals surface area (Å²) >= 11 is 0. The van der Waals surface area contributed by atoms with Crippen LogP contribution in [0.5, 0.6) is 0 Å². The van der Waals surface area contributed by atoms with Crippen LogP contribution in [0.1, 0.15) is 18.1 Å². The van der Waals surface area contributed by atoms with E-state index in [2.05, 4.69) is 20.9 Å². The van der Waals surface area contributed by atoms with Gasteiger partial charge >= 0.3 is 5.97 Å². The number of carbonyl (C=O) groups is 4. The van der Waals surface area contributed by atoms with Crippen molar-refractivity contribution in [1.29, 1.82) is 0 Å². The van der Waals surface area contributed by atoms with Gasteiger partial charge in [-0.1, -0.05) is 48.5 Å². The fourth-order valence-corrected chi connectivity index (χ4v) is 3.83. The molecule has 0 spiro atoms. The molecule has 0 bridgehead atoms. The molecular weight excluding hydrogens is 478 g/mol. The monoisotopic (exact) mass is 509 g/mol. The number of amides is 3. The summed E-state index contributed by atoms with van der Waals surface area (Å²) in [4.78, 5) is 52.5. The number of hydrogen-bond acceptors (Lipinski definition) is 6. The van der Waals surface area contributed by atoms with E-state index in [1.807, 2.05) is 24.3 Å². The van der Waals surface area contributed by atoms with Crippen LogP contribution in [0.2, 0.25) is 0 Å². The Labute approximate surface area is 213 Å². The molecule has 11 heteroatoms. The predicted molar refractivity (Wildman–Crippen MR) is 136 cm³/mol. The molecule has 8 N–H and O–H groups in total. The van der Waals surface area contributed by atoms with Crippen LogP contribution < -0.4 is 21.7 Å². The maximum Gasteiger partial charge on any atom is 0.326 e. The highest BCUT2D eigenvalue weighted by Gasteiger charge is 2.28. The van der Waals surface area contributed by atoms with Gasteiger partial charge in [0.2, 0.25) is 17.7 Å². The van der Waals surface area contributed by atoms with Gasteiger partial charge in [0.05, 0.1) is 12.6 Å². The molecule has 3 rings (SSSR count). The Bertz CT molecular complexity index is 1240. The first kappa shape index (κ1) is 27.4. The van der Waals surface area contributed by atoms with Gasteiger partial charge in [-0.25, -0.2) is 4.79 Å². The molecule has 0 radical (unpaired) electrons. The van der Waals surface area contributed by atoms with Crippen molar-refractivity contribution in [3.05, 3.63) is 71.9 Å². The van der Waals surface area contributed by atoms with Crippen LogP contribution in [0.3, 0.4) is 0 Å². The first-order valence-corrected chi connectivity index (χ1v) is 11.8. The fraction of sp³-hybridized carbons (Fsp3) is 0.308. The number of aliphatic carboxylic acids is 1. The molecule has 4 unspecified atom stereocenters. The highest BCUT2D eigenvalue weighted by Crippen LogP contribution is 2.18. The predicted octanol–water partition coefficient (Wildman–Crippen LogP) is -0.168. The molecule has 11 nitrogen and oxygen atoms in total. The van der Waals surface area contributed by atoms with Crippen molar-refractivity contribution in [3.8, 4) is 0 Å². The zero-order chi connectivity index (χ0) is 26.9. The third-order valence-electron chi connectivity index (χ3n) is 5.92. The standard InChI is InChI=1S/C26H31N5O6/c1-15(29-24(34)19(27)12-17-13-28-20-10-6-5-9-18(17)20)23(33)31-22(14-32)25(35)30-21(26(36)37)11-16-7-3-2-4-8-16/h2-10,13,15,19,21-22,28,32H,11-12,14,27H2,1H3,(H,29,34)(H,30,35)(H,31,33)(H,36,37). The average molecular weight is 510 g/mol. The van der Waals surface area contributed by atoms with Crippen LogP contribution in [0.4, 0.5) is 0 Å². The molecule has 0 aliphatic heterocycles. The molecule has 0 aliphatic rings. The summed E-state index contributed by atoms with van der Waals surface area (Å²) < 4.78 is 0. The minimum absolute atomic E-state index is 0.0226. The fourth-order valence-electron chi connectivity index (χ4n) is 3.83. The third kappa shape index (κ3) is 7.38. The molecule has 1 heterocycles. The van der Waals surface area contributed by atoms with Gasteiger partial charge in [-0.3, -0.25) is 14.4 Å². The molecule has 3 amide bonds. The first-order chi connectivity index (χ1) is 17.7. The Hall–Kier alpha value is -4.22. The van der Waals surface area contributed by atoms with Gasteiger partial charge in [0.1, 0.15) is 18.1 Å². The second-order valence-electron chi connectivity index (χ2n) is 8.73. The summed E-state index contributed by atoms with van der Waals surface area (Å²) in [7, 11) is 0. The zero-order valence-corrected chi connectivity index (χ0v) is 20.3. The lowest BCUT2D eigenvalue weighted by atomic mass is 10.0. The maximum absolute atomic E-state index is 12.6. The van der Waals surface area contributed by atoms with Crippen LogP contribution in [0.15, 0.2) is 60.8 Å². The largest absolute Gasteiger partial charge is 0.480 e. The minimum atomic E-state index is -1.41. The highest BCUT2D eigenvalue weighted by molar-refractivity contribution is 5.94. The van der Waals surface area contributed by atoms with E-state index >= 15 is 0 Å². The van der Waals surface area contributed by atoms with Gasteiger partial charge < -0.3 is 36.9 Å². The SMILES string of the molecule is CC(NC(=O)C(N)Cc1c[nH]c2ccccc12)C(=O)NC(CO)C(=O)NC(Cc1ccccc1)C(=O)O. The quantitative estimate of drug-likeness (QED) is 0.177. The van der Waals surface area contributed by atoms with E-state index in [9.17, 15) is 29.4 Å². The van der Waals surface area contributed by atoms with E-state index in [4.69, 9.17) is 5.73 Å². The smallest absolute Gasteiger partial charge is 0.326 e. The second-order valence-corrected chi connectivity index (χ2v) is 8.73. The van der Waals surface area contributed by atoms with Crippen molar-refractivity contribution in [2.24, 2.45) is 5.73 Å². The topological polar surface area (TPSA) is 187 Å². The van der Waals surface area contributed by atoms with Crippen LogP contribution in [0, 0.1) is 0 Å². The number of rotatable bonds is 12. The summed E-state index contributed by atoms with van der Waals surface area (Å²) in [6, 6.07) is 11.6. The highest BCUT2D eigenvalue weighted by atomic mass is 16.4. The van der Waals surface area contributed by atoms with E-state index in [-0.39, 0.29) is 12.8 Å². The van der Waals surface area contributed by atoms with E-state index in [0.29, 0.717) is 5.56 Å². The van der Waals surface area contributed by atoms with Gasteiger partial charge in [-0.15, -0.1) is 0 Å². The molecule has 1 aromatic heterocycles. The number of H-pyrrole nitrogens is 1. The van der Waals surface area contributed by atoms with Crippen molar-refractivity contribution in [1.82, 2.24) is 20.9 Å². The zero-order valence-electron chi connectivity index (χ0n) is 20.3. The number of carboxylic acids is 1. The number of carboxylic acid groups (broad SMARTS) is 1. The van der Waals surface area contributed by atoms with Gasteiger partial charge in [0, 0.05) is 23.5 Å². The van der Waals surface area contributed by atoms with Crippen molar-refractivity contribution in [2.45, 2.75) is 43.9 Å². The molecule has 2 aromatic carbocycles. The number of carbonyl (C=O) groups excluding carboxylic acids is 3. The van der Waals surface area contributed by atoms with Crippen LogP contribution >= 0.6 is 0 Å². The molecule has 0 aliphatic carbocycles. The molecule has 0 fully saturated rings. The lowest BCUT2D eigenvalue weighted by molar-refractivity contribution is -0.142. The lowest BCUT2D eigenvalue weighted by Gasteiger charge is -2.22. The van der Waals surface area contributed by atoms with Crippen molar-refractivity contribution >= 4 is 34.6 Å². The Morgan fingerprint density at radius 1 is 0.865 bits per heavy atom. The lowest BCUT2D eigenvalue weighted by Crippen LogP contribution is -2.57. The summed E-state index contributed by atoms with van der Waals surface area (Å²) in [5, 5.41) is 27.2. The molecule has 0 saturated carbocycles. The minimum Gasteiger partial charge on any atom is -0.480 e.